The number of para-hydroxylation sites is 1. The van der Waals surface area contributed by atoms with E-state index in [1.54, 1.807) is 24.3 Å². The second kappa shape index (κ2) is 8.46. The number of thiazole rings is 1. The first-order chi connectivity index (χ1) is 15.7. The number of rotatable bonds is 4. The topological polar surface area (TPSA) is 66.9 Å². The molecule has 0 aliphatic carbocycles. The molecule has 0 saturated heterocycles. The smallest absolute Gasteiger partial charge is 0.199 e. The average Bonchev–Trinajstić information content (AvgIpc) is 3.35. The van der Waals surface area contributed by atoms with Gasteiger partial charge in [-0.1, -0.05) is 66.7 Å². The van der Waals surface area contributed by atoms with E-state index in [0.717, 1.165) is 22.4 Å². The highest BCUT2D eigenvalue weighted by Crippen LogP contribution is 2.29. The molecule has 5 heteroatoms. The van der Waals surface area contributed by atoms with Gasteiger partial charge in [-0.3, -0.25) is 4.79 Å². The van der Waals surface area contributed by atoms with Crippen LogP contribution in [-0.4, -0.2) is 4.98 Å². The molecule has 0 atom stereocenters. The maximum atomic E-state index is 12.8. The van der Waals surface area contributed by atoms with Gasteiger partial charge in [0.2, 0.25) is 0 Å². The summed E-state index contributed by atoms with van der Waals surface area (Å²) < 4.78 is 5.56. The van der Waals surface area contributed by atoms with E-state index in [9.17, 15) is 10.1 Å². The predicted octanol–water partition coefficient (Wildman–Crippen LogP) is 6.65. The van der Waals surface area contributed by atoms with Crippen LogP contribution in [0.5, 0.6) is 0 Å². The molecule has 32 heavy (non-hydrogen) atoms. The van der Waals surface area contributed by atoms with E-state index < -0.39 is 0 Å². The van der Waals surface area contributed by atoms with Gasteiger partial charge in [0.25, 0.3) is 0 Å². The summed E-state index contributed by atoms with van der Waals surface area (Å²) in [5.41, 5.74) is 5.03. The minimum Gasteiger partial charge on any atom is -0.463 e. The van der Waals surface area contributed by atoms with E-state index in [1.165, 1.54) is 17.6 Å². The Hall–Kier alpha value is -4.27. The van der Waals surface area contributed by atoms with Crippen molar-refractivity contribution in [3.63, 3.8) is 0 Å². The van der Waals surface area contributed by atoms with Crippen LogP contribution in [0, 0.1) is 11.3 Å². The van der Waals surface area contributed by atoms with Crippen molar-refractivity contribution >= 4 is 34.0 Å². The predicted molar refractivity (Wildman–Crippen MR) is 129 cm³/mol. The summed E-state index contributed by atoms with van der Waals surface area (Å²) in [5, 5.41) is 12.7. The summed E-state index contributed by atoms with van der Waals surface area (Å²) in [5.74, 6) is 0. The molecule has 0 aliphatic rings. The second-order valence-corrected chi connectivity index (χ2v) is 8.03. The molecule has 0 radical (unpaired) electrons. The van der Waals surface area contributed by atoms with Crippen molar-refractivity contribution in [2.75, 3.05) is 0 Å². The lowest BCUT2D eigenvalue weighted by Gasteiger charge is -2.03. The van der Waals surface area contributed by atoms with Crippen LogP contribution in [-0.2, 0) is 0 Å². The number of fused-ring (bicyclic) bond motifs is 1. The Morgan fingerprint density at radius 2 is 1.59 bits per heavy atom. The van der Waals surface area contributed by atoms with Crippen molar-refractivity contribution in [3.05, 3.63) is 111 Å². The lowest BCUT2D eigenvalue weighted by atomic mass is 10.0. The maximum Gasteiger partial charge on any atom is 0.199 e. The number of nitriles is 1. The molecule has 2 heterocycles. The molecule has 0 fully saturated rings. The highest BCUT2D eigenvalue weighted by Gasteiger charge is 2.12. The first kappa shape index (κ1) is 19.7. The number of aromatic nitrogens is 1. The fourth-order valence-electron chi connectivity index (χ4n) is 3.48. The third-order valence-electron chi connectivity index (χ3n) is 5.15. The fourth-order valence-corrected chi connectivity index (χ4v) is 4.28. The van der Waals surface area contributed by atoms with Crippen LogP contribution in [0.2, 0.25) is 0 Å². The van der Waals surface area contributed by atoms with Crippen molar-refractivity contribution in [2.24, 2.45) is 0 Å². The zero-order valence-corrected chi connectivity index (χ0v) is 17.7. The Balaban J connectivity index is 1.46. The largest absolute Gasteiger partial charge is 0.463 e. The molecular formula is C27H16N2O2S. The highest BCUT2D eigenvalue weighted by atomic mass is 32.1. The summed E-state index contributed by atoms with van der Waals surface area (Å²) in [4.78, 5) is 17.4. The lowest BCUT2D eigenvalue weighted by molar-refractivity contribution is 0.601. The van der Waals surface area contributed by atoms with Crippen LogP contribution in [0.15, 0.2) is 99.7 Å². The van der Waals surface area contributed by atoms with Gasteiger partial charge in [0.1, 0.15) is 22.9 Å². The van der Waals surface area contributed by atoms with Gasteiger partial charge in [0, 0.05) is 10.9 Å². The second-order valence-electron chi connectivity index (χ2n) is 7.17. The molecule has 0 N–H and O–H groups in total. The summed E-state index contributed by atoms with van der Waals surface area (Å²) in [6.07, 6.45) is 2.93. The minimum absolute atomic E-state index is 0.173. The van der Waals surface area contributed by atoms with Crippen molar-refractivity contribution in [1.29, 1.82) is 5.26 Å². The van der Waals surface area contributed by atoms with Crippen molar-refractivity contribution < 1.29 is 4.42 Å². The normalized spacial score (nSPS) is 11.4. The summed E-state index contributed by atoms with van der Waals surface area (Å²) >= 11 is 1.37. The number of allylic oxidation sites excluding steroid dienone is 1. The molecule has 0 spiro atoms. The Labute approximate surface area is 188 Å². The van der Waals surface area contributed by atoms with Gasteiger partial charge in [-0.25, -0.2) is 4.98 Å². The van der Waals surface area contributed by atoms with Crippen LogP contribution in [0.1, 0.15) is 10.6 Å². The van der Waals surface area contributed by atoms with Crippen molar-refractivity contribution in [1.82, 2.24) is 4.98 Å². The Morgan fingerprint density at radius 1 is 0.906 bits per heavy atom. The van der Waals surface area contributed by atoms with Crippen LogP contribution in [0.25, 0.3) is 45.0 Å². The third-order valence-corrected chi connectivity index (χ3v) is 6.02. The highest BCUT2D eigenvalue weighted by molar-refractivity contribution is 7.11. The zero-order chi connectivity index (χ0) is 21.9. The number of nitrogens with zero attached hydrogens (tertiary/aromatic N) is 2. The monoisotopic (exact) mass is 432 g/mol. The molecule has 4 nitrogen and oxygen atoms in total. The van der Waals surface area contributed by atoms with Crippen LogP contribution in [0.4, 0.5) is 0 Å². The van der Waals surface area contributed by atoms with E-state index in [1.807, 2.05) is 41.8 Å². The van der Waals surface area contributed by atoms with Crippen LogP contribution < -0.4 is 5.43 Å². The van der Waals surface area contributed by atoms with E-state index in [0.29, 0.717) is 27.1 Å². The average molecular weight is 433 g/mol. The molecular weight excluding hydrogens is 416 g/mol. The standard InChI is InChI=1S/C27H16N2O2S/c28-15-21(14-22-16-31-25-9-5-4-8-23(25)26(22)30)27-29-24(17-32-27)20-12-10-19(11-13-20)18-6-2-1-3-7-18/h1-14,16-17H. The Kier molecular flexibility index (Phi) is 5.20. The van der Waals surface area contributed by atoms with Gasteiger partial charge >= 0.3 is 0 Å². The van der Waals surface area contributed by atoms with Crippen molar-refractivity contribution in [2.45, 2.75) is 0 Å². The maximum absolute atomic E-state index is 12.8. The SMILES string of the molecule is N#CC(=Cc1coc2ccccc2c1=O)c1nc(-c2ccc(-c3ccccc3)cc2)cs1. The molecule has 152 valence electrons. The summed E-state index contributed by atoms with van der Waals surface area (Å²) in [6, 6.07) is 27.6. The number of hydrogen-bond donors (Lipinski definition) is 0. The zero-order valence-electron chi connectivity index (χ0n) is 16.9. The molecule has 0 aliphatic heterocycles. The molecule has 0 unspecified atom stereocenters. The molecule has 0 amide bonds. The van der Waals surface area contributed by atoms with Gasteiger partial charge < -0.3 is 4.42 Å². The number of hydrogen-bond acceptors (Lipinski definition) is 5. The van der Waals surface area contributed by atoms with E-state index in [2.05, 4.69) is 35.3 Å². The summed E-state index contributed by atoms with van der Waals surface area (Å²) in [6.45, 7) is 0. The molecule has 5 aromatic rings. The Bertz CT molecular complexity index is 1540. The van der Waals surface area contributed by atoms with E-state index in [-0.39, 0.29) is 5.43 Å². The molecule has 3 aromatic carbocycles. The van der Waals surface area contributed by atoms with Gasteiger partial charge in [0.15, 0.2) is 5.43 Å². The van der Waals surface area contributed by atoms with Gasteiger partial charge in [-0.05, 0) is 29.3 Å². The molecule has 5 rings (SSSR count). The van der Waals surface area contributed by atoms with Gasteiger partial charge in [0.05, 0.1) is 22.2 Å². The first-order valence-corrected chi connectivity index (χ1v) is 10.8. The quantitative estimate of drug-likeness (QED) is 0.298. The van der Waals surface area contributed by atoms with Crippen LogP contribution in [0.3, 0.4) is 0 Å². The number of benzene rings is 3. The molecule has 0 bridgehead atoms. The van der Waals surface area contributed by atoms with Crippen molar-refractivity contribution in [3.8, 4) is 28.5 Å². The summed E-state index contributed by atoms with van der Waals surface area (Å²) in [7, 11) is 0. The van der Waals surface area contributed by atoms with E-state index in [4.69, 9.17) is 4.42 Å². The lowest BCUT2D eigenvalue weighted by Crippen LogP contribution is -2.04. The minimum atomic E-state index is -0.173. The van der Waals surface area contributed by atoms with Gasteiger partial charge in [-0.2, -0.15) is 5.26 Å². The van der Waals surface area contributed by atoms with E-state index >= 15 is 0 Å². The fraction of sp³-hybridized carbons (Fsp3) is 0. The third kappa shape index (κ3) is 3.76. The van der Waals surface area contributed by atoms with Crippen LogP contribution >= 0.6 is 11.3 Å². The molecule has 0 saturated carbocycles. The first-order valence-electron chi connectivity index (χ1n) is 9.97. The molecule has 2 aromatic heterocycles. The Morgan fingerprint density at radius 3 is 2.38 bits per heavy atom. The van der Waals surface area contributed by atoms with Gasteiger partial charge in [-0.15, -0.1) is 11.3 Å².